The molecule has 2 N–H and O–H groups in total. The Morgan fingerprint density at radius 3 is 2.15 bits per heavy atom. The molecule has 0 saturated carbocycles. The second-order valence-corrected chi connectivity index (χ2v) is 7.42. The van der Waals surface area contributed by atoms with Crippen molar-refractivity contribution in [2.45, 2.75) is 33.0 Å². The first kappa shape index (κ1) is 23.5. The van der Waals surface area contributed by atoms with Crippen molar-refractivity contribution in [2.75, 3.05) is 5.32 Å². The van der Waals surface area contributed by atoms with Crippen LogP contribution in [-0.2, 0) is 16.2 Å². The summed E-state index contributed by atoms with van der Waals surface area (Å²) in [6, 6.07) is 26.1. The summed E-state index contributed by atoms with van der Waals surface area (Å²) in [5, 5.41) is 6.76. The van der Waals surface area contributed by atoms with Gasteiger partial charge in [-0.25, -0.2) is 5.43 Å². The van der Waals surface area contributed by atoms with Gasteiger partial charge in [0.25, 0.3) is 5.91 Å². The molecule has 0 aliphatic carbocycles. The second-order valence-electron chi connectivity index (χ2n) is 7.42. The summed E-state index contributed by atoms with van der Waals surface area (Å²) < 4.78 is 11.4. The molecule has 0 radical (unpaired) electrons. The lowest BCUT2D eigenvalue weighted by Gasteiger charge is -2.14. The number of hydrogen-bond acceptors (Lipinski definition) is 5. The molecule has 0 heterocycles. The van der Waals surface area contributed by atoms with Gasteiger partial charge in [0.05, 0.1) is 6.42 Å². The highest BCUT2D eigenvalue weighted by atomic mass is 16.5. The summed E-state index contributed by atoms with van der Waals surface area (Å²) >= 11 is 0. The van der Waals surface area contributed by atoms with Gasteiger partial charge in [0.2, 0.25) is 5.91 Å². The van der Waals surface area contributed by atoms with Gasteiger partial charge in [-0.05, 0) is 55.8 Å². The van der Waals surface area contributed by atoms with Crippen LogP contribution < -0.4 is 20.2 Å². The number of hydrazone groups is 1. The van der Waals surface area contributed by atoms with Crippen molar-refractivity contribution in [3.63, 3.8) is 0 Å². The summed E-state index contributed by atoms with van der Waals surface area (Å²) in [7, 11) is 0. The van der Waals surface area contributed by atoms with E-state index in [1.54, 1.807) is 50.2 Å². The monoisotopic (exact) mass is 445 g/mol. The standard InChI is InChI=1S/C26H27N3O4/c1-19(17-25(30)27-22-11-7-4-8-12-22)28-29-26(31)20(2)33-24-15-13-23(14-16-24)32-18-21-9-5-3-6-10-21/h3-16,20H,17-18H2,1-2H3,(H,27,30)(H,29,31)/b28-19-/t20-/m1/s1. The SMILES string of the molecule is C/C(CC(=O)Nc1ccccc1)=N/NC(=O)[C@@H](C)Oc1ccc(OCc2ccccc2)cc1. The number of rotatable bonds is 10. The van der Waals surface area contributed by atoms with Crippen LogP contribution in [0.3, 0.4) is 0 Å². The Labute approximate surface area is 193 Å². The Hall–Kier alpha value is -4.13. The van der Waals surface area contributed by atoms with E-state index in [-0.39, 0.29) is 12.3 Å². The van der Waals surface area contributed by atoms with Gasteiger partial charge in [-0.15, -0.1) is 0 Å². The topological polar surface area (TPSA) is 89.0 Å². The molecule has 1 atom stereocenters. The molecule has 0 saturated heterocycles. The van der Waals surface area contributed by atoms with E-state index in [4.69, 9.17) is 9.47 Å². The lowest BCUT2D eigenvalue weighted by Crippen LogP contribution is -2.34. The minimum absolute atomic E-state index is 0.0643. The fourth-order valence-electron chi connectivity index (χ4n) is 2.85. The summed E-state index contributed by atoms with van der Waals surface area (Å²) in [5.41, 5.74) is 4.70. The lowest BCUT2D eigenvalue weighted by atomic mass is 10.2. The molecule has 7 heteroatoms. The Bertz CT molecular complexity index is 1070. The smallest absolute Gasteiger partial charge is 0.280 e. The molecule has 0 bridgehead atoms. The van der Waals surface area contributed by atoms with Crippen LogP contribution >= 0.6 is 0 Å². The predicted octanol–water partition coefficient (Wildman–Crippen LogP) is 4.55. The van der Waals surface area contributed by atoms with Crippen LogP contribution in [0.5, 0.6) is 11.5 Å². The molecule has 3 rings (SSSR count). The number of nitrogens with zero attached hydrogens (tertiary/aromatic N) is 1. The third-order valence-corrected chi connectivity index (χ3v) is 4.59. The third kappa shape index (κ3) is 8.14. The van der Waals surface area contributed by atoms with Crippen molar-refractivity contribution in [3.05, 3.63) is 90.5 Å². The molecule has 7 nitrogen and oxygen atoms in total. The number of hydrogen-bond donors (Lipinski definition) is 2. The zero-order chi connectivity index (χ0) is 23.5. The van der Waals surface area contributed by atoms with Crippen molar-refractivity contribution in [1.82, 2.24) is 5.43 Å². The van der Waals surface area contributed by atoms with Crippen molar-refractivity contribution in [1.29, 1.82) is 0 Å². The van der Waals surface area contributed by atoms with Gasteiger partial charge in [0.1, 0.15) is 18.1 Å². The van der Waals surface area contributed by atoms with Crippen LogP contribution in [0.25, 0.3) is 0 Å². The van der Waals surface area contributed by atoms with Gasteiger partial charge < -0.3 is 14.8 Å². The molecule has 0 aliphatic rings. The third-order valence-electron chi connectivity index (χ3n) is 4.59. The first-order valence-corrected chi connectivity index (χ1v) is 10.6. The van der Waals surface area contributed by atoms with E-state index in [9.17, 15) is 9.59 Å². The molecule has 0 aliphatic heterocycles. The van der Waals surface area contributed by atoms with E-state index in [1.165, 1.54) is 0 Å². The molecule has 0 unspecified atom stereocenters. The highest BCUT2D eigenvalue weighted by molar-refractivity contribution is 6.05. The fourth-order valence-corrected chi connectivity index (χ4v) is 2.85. The highest BCUT2D eigenvalue weighted by Gasteiger charge is 2.14. The molecule has 3 aromatic carbocycles. The van der Waals surface area contributed by atoms with E-state index in [1.807, 2.05) is 48.5 Å². The number of anilines is 1. The minimum atomic E-state index is -0.768. The Balaban J connectivity index is 1.42. The van der Waals surface area contributed by atoms with Crippen LogP contribution in [0, 0.1) is 0 Å². The van der Waals surface area contributed by atoms with Crippen molar-refractivity contribution in [3.8, 4) is 11.5 Å². The van der Waals surface area contributed by atoms with E-state index in [0.717, 1.165) is 5.56 Å². The molecular weight excluding hydrogens is 418 g/mol. The molecule has 3 aromatic rings. The van der Waals surface area contributed by atoms with E-state index in [0.29, 0.717) is 29.5 Å². The number of benzene rings is 3. The molecule has 0 aromatic heterocycles. The maximum Gasteiger partial charge on any atom is 0.280 e. The normalized spacial score (nSPS) is 11.9. The second kappa shape index (κ2) is 12.0. The lowest BCUT2D eigenvalue weighted by molar-refractivity contribution is -0.127. The van der Waals surface area contributed by atoms with Gasteiger partial charge in [-0.3, -0.25) is 9.59 Å². The number of carbonyl (C=O) groups excluding carboxylic acids is 2. The Kier molecular flexibility index (Phi) is 8.59. The van der Waals surface area contributed by atoms with Crippen LogP contribution in [0.15, 0.2) is 90.0 Å². The van der Waals surface area contributed by atoms with Crippen molar-refractivity contribution >= 4 is 23.2 Å². The number of amides is 2. The maximum atomic E-state index is 12.3. The highest BCUT2D eigenvalue weighted by Crippen LogP contribution is 2.19. The average Bonchev–Trinajstić information content (AvgIpc) is 2.83. The molecule has 0 fully saturated rings. The largest absolute Gasteiger partial charge is 0.489 e. The van der Waals surface area contributed by atoms with Gasteiger partial charge in [0.15, 0.2) is 6.10 Å². The summed E-state index contributed by atoms with van der Waals surface area (Å²) in [4.78, 5) is 24.3. The number of para-hydroxylation sites is 1. The van der Waals surface area contributed by atoms with Crippen LogP contribution in [0.4, 0.5) is 5.69 Å². The molecule has 2 amide bonds. The number of nitrogens with one attached hydrogen (secondary N) is 2. The van der Waals surface area contributed by atoms with Crippen LogP contribution in [0.1, 0.15) is 25.8 Å². The van der Waals surface area contributed by atoms with Crippen LogP contribution in [0.2, 0.25) is 0 Å². The number of ether oxygens (including phenoxy) is 2. The van der Waals surface area contributed by atoms with Gasteiger partial charge in [-0.2, -0.15) is 5.10 Å². The number of carbonyl (C=O) groups is 2. The maximum absolute atomic E-state index is 12.3. The Morgan fingerprint density at radius 1 is 0.879 bits per heavy atom. The summed E-state index contributed by atoms with van der Waals surface area (Å²) in [5.74, 6) is 0.614. The Morgan fingerprint density at radius 2 is 1.48 bits per heavy atom. The molecule has 33 heavy (non-hydrogen) atoms. The molecule has 0 spiro atoms. The minimum Gasteiger partial charge on any atom is -0.489 e. The summed E-state index contributed by atoms with van der Waals surface area (Å²) in [6.07, 6.45) is -0.703. The van der Waals surface area contributed by atoms with E-state index in [2.05, 4.69) is 15.8 Å². The van der Waals surface area contributed by atoms with Crippen molar-refractivity contribution in [2.24, 2.45) is 5.10 Å². The van der Waals surface area contributed by atoms with Crippen molar-refractivity contribution < 1.29 is 19.1 Å². The van der Waals surface area contributed by atoms with Gasteiger partial charge in [0, 0.05) is 11.4 Å². The first-order valence-electron chi connectivity index (χ1n) is 10.6. The van der Waals surface area contributed by atoms with Gasteiger partial charge >= 0.3 is 0 Å². The first-order chi connectivity index (χ1) is 16.0. The van der Waals surface area contributed by atoms with Crippen LogP contribution in [-0.4, -0.2) is 23.6 Å². The molecular formula is C26H27N3O4. The zero-order valence-electron chi connectivity index (χ0n) is 18.7. The fraction of sp³-hybridized carbons (Fsp3) is 0.192. The molecule has 170 valence electrons. The van der Waals surface area contributed by atoms with E-state index < -0.39 is 12.0 Å². The zero-order valence-corrected chi connectivity index (χ0v) is 18.7. The quantitative estimate of drug-likeness (QED) is 0.354. The van der Waals surface area contributed by atoms with Gasteiger partial charge in [-0.1, -0.05) is 48.5 Å². The summed E-state index contributed by atoms with van der Waals surface area (Å²) in [6.45, 7) is 3.77. The van der Waals surface area contributed by atoms with E-state index >= 15 is 0 Å². The average molecular weight is 446 g/mol. The predicted molar refractivity (Wildman–Crippen MR) is 128 cm³/mol.